The average molecular weight is 426 g/mol. The molecule has 2 aromatic carbocycles. The number of hydrogen-bond acceptors (Lipinski definition) is 6. The van der Waals surface area contributed by atoms with E-state index in [0.717, 1.165) is 5.56 Å². The van der Waals surface area contributed by atoms with Crippen LogP contribution in [0.1, 0.15) is 29.0 Å². The summed E-state index contributed by atoms with van der Waals surface area (Å²) in [5.41, 5.74) is 0.782. The number of carboxylic acid groups (broad SMARTS) is 1. The SMILES string of the molecule is CC(c1ccccc1)n1cc(NC(=O)CSc2ccc([N+](=O)[O-])cc2)c(C(=O)O)n1. The number of non-ortho nitro benzene ring substituents is 1. The number of nitro groups is 1. The van der Waals surface area contributed by atoms with Crippen molar-refractivity contribution in [3.63, 3.8) is 0 Å². The van der Waals surface area contributed by atoms with Crippen molar-refractivity contribution in [3.05, 3.63) is 82.2 Å². The van der Waals surface area contributed by atoms with Crippen LogP contribution in [0, 0.1) is 10.1 Å². The zero-order chi connectivity index (χ0) is 21.7. The van der Waals surface area contributed by atoms with E-state index in [1.807, 2.05) is 37.3 Å². The number of carbonyl (C=O) groups excluding carboxylic acids is 1. The predicted octanol–water partition coefficient (Wildman–Crippen LogP) is 3.83. The number of benzene rings is 2. The van der Waals surface area contributed by atoms with E-state index in [-0.39, 0.29) is 28.9 Å². The highest BCUT2D eigenvalue weighted by Gasteiger charge is 2.20. The normalized spacial score (nSPS) is 11.6. The van der Waals surface area contributed by atoms with Crippen molar-refractivity contribution in [2.75, 3.05) is 11.1 Å². The van der Waals surface area contributed by atoms with Gasteiger partial charge in [-0.3, -0.25) is 19.6 Å². The first kappa shape index (κ1) is 21.1. The molecule has 0 bridgehead atoms. The van der Waals surface area contributed by atoms with E-state index in [2.05, 4.69) is 10.4 Å². The predicted molar refractivity (Wildman–Crippen MR) is 112 cm³/mol. The number of nitro benzene ring substituents is 1. The van der Waals surface area contributed by atoms with E-state index >= 15 is 0 Å². The fraction of sp³-hybridized carbons (Fsp3) is 0.150. The third-order valence-electron chi connectivity index (χ3n) is 4.30. The van der Waals surface area contributed by atoms with Gasteiger partial charge in [0.2, 0.25) is 5.91 Å². The lowest BCUT2D eigenvalue weighted by Gasteiger charge is -2.12. The van der Waals surface area contributed by atoms with Crippen molar-refractivity contribution in [1.29, 1.82) is 0 Å². The largest absolute Gasteiger partial charge is 0.476 e. The second-order valence-corrected chi connectivity index (χ2v) is 7.40. The molecule has 9 nitrogen and oxygen atoms in total. The molecule has 0 aliphatic carbocycles. The van der Waals surface area contributed by atoms with E-state index in [4.69, 9.17) is 0 Å². The number of thioether (sulfide) groups is 1. The molecule has 3 rings (SSSR count). The van der Waals surface area contributed by atoms with E-state index in [0.29, 0.717) is 4.90 Å². The number of amides is 1. The quantitative estimate of drug-likeness (QED) is 0.318. The molecule has 0 aliphatic heterocycles. The van der Waals surface area contributed by atoms with Gasteiger partial charge in [0.15, 0.2) is 5.69 Å². The maximum absolute atomic E-state index is 12.3. The van der Waals surface area contributed by atoms with Gasteiger partial charge in [0.05, 0.1) is 28.6 Å². The molecule has 1 aromatic heterocycles. The van der Waals surface area contributed by atoms with Crippen molar-refractivity contribution in [2.45, 2.75) is 17.9 Å². The molecule has 1 amide bonds. The highest BCUT2D eigenvalue weighted by molar-refractivity contribution is 8.00. The number of aromatic carboxylic acids is 1. The Morgan fingerprint density at radius 2 is 1.87 bits per heavy atom. The first-order chi connectivity index (χ1) is 14.3. The first-order valence-electron chi connectivity index (χ1n) is 8.89. The van der Waals surface area contributed by atoms with Gasteiger partial charge in [0, 0.05) is 17.0 Å². The van der Waals surface area contributed by atoms with Gasteiger partial charge in [-0.05, 0) is 24.6 Å². The van der Waals surface area contributed by atoms with Crippen LogP contribution in [0.15, 0.2) is 65.7 Å². The number of nitrogens with zero attached hydrogens (tertiary/aromatic N) is 3. The molecule has 0 spiro atoms. The van der Waals surface area contributed by atoms with Crippen LogP contribution in [-0.4, -0.2) is 37.4 Å². The lowest BCUT2D eigenvalue weighted by Crippen LogP contribution is -2.15. The lowest BCUT2D eigenvalue weighted by atomic mass is 10.1. The molecule has 3 aromatic rings. The number of rotatable bonds is 8. The molecule has 0 saturated carbocycles. The van der Waals surface area contributed by atoms with Crippen molar-refractivity contribution >= 4 is 35.0 Å². The van der Waals surface area contributed by atoms with E-state index < -0.39 is 16.8 Å². The Morgan fingerprint density at radius 3 is 2.47 bits per heavy atom. The standard InChI is InChI=1S/C20H18N4O5S/c1-13(14-5-3-2-4-6-14)23-11-17(19(22-23)20(26)27)21-18(25)12-30-16-9-7-15(8-10-16)24(28)29/h2-11,13H,12H2,1H3,(H,21,25)(H,26,27). The molecule has 0 radical (unpaired) electrons. The summed E-state index contributed by atoms with van der Waals surface area (Å²) >= 11 is 1.18. The number of anilines is 1. The van der Waals surface area contributed by atoms with Crippen LogP contribution in [0.2, 0.25) is 0 Å². The molecular weight excluding hydrogens is 408 g/mol. The minimum absolute atomic E-state index is 0.0102. The van der Waals surface area contributed by atoms with Gasteiger partial charge >= 0.3 is 5.97 Å². The number of carboxylic acids is 1. The second kappa shape index (κ2) is 9.23. The number of carbonyl (C=O) groups is 2. The molecule has 0 fully saturated rings. The smallest absolute Gasteiger partial charge is 0.358 e. The summed E-state index contributed by atoms with van der Waals surface area (Å²) in [6.07, 6.45) is 1.50. The highest BCUT2D eigenvalue weighted by atomic mass is 32.2. The first-order valence-corrected chi connectivity index (χ1v) is 9.88. The van der Waals surface area contributed by atoms with Gasteiger partial charge < -0.3 is 10.4 Å². The summed E-state index contributed by atoms with van der Waals surface area (Å²) in [6.45, 7) is 1.88. The fourth-order valence-corrected chi connectivity index (χ4v) is 3.42. The Kier molecular flexibility index (Phi) is 6.48. The summed E-state index contributed by atoms with van der Waals surface area (Å²) in [5, 5.41) is 26.8. The molecule has 2 N–H and O–H groups in total. The van der Waals surface area contributed by atoms with Gasteiger partial charge in [-0.2, -0.15) is 5.10 Å². The van der Waals surface area contributed by atoms with Crippen molar-refractivity contribution < 1.29 is 19.6 Å². The van der Waals surface area contributed by atoms with Crippen LogP contribution in [-0.2, 0) is 4.79 Å². The summed E-state index contributed by atoms with van der Waals surface area (Å²) in [7, 11) is 0. The van der Waals surface area contributed by atoms with Crippen LogP contribution in [0.5, 0.6) is 0 Å². The molecule has 30 heavy (non-hydrogen) atoms. The van der Waals surface area contributed by atoms with E-state index in [9.17, 15) is 24.8 Å². The molecule has 0 saturated heterocycles. The van der Waals surface area contributed by atoms with Crippen molar-refractivity contribution in [2.24, 2.45) is 0 Å². The van der Waals surface area contributed by atoms with Gasteiger partial charge in [-0.1, -0.05) is 30.3 Å². The maximum Gasteiger partial charge on any atom is 0.358 e. The van der Waals surface area contributed by atoms with Gasteiger partial charge in [-0.25, -0.2) is 4.79 Å². The molecule has 0 aliphatic rings. The van der Waals surface area contributed by atoms with Gasteiger partial charge in [-0.15, -0.1) is 11.8 Å². The van der Waals surface area contributed by atoms with Crippen LogP contribution in [0.4, 0.5) is 11.4 Å². The maximum atomic E-state index is 12.3. The van der Waals surface area contributed by atoms with Crippen molar-refractivity contribution in [1.82, 2.24) is 9.78 Å². The minimum atomic E-state index is -1.24. The molecular formula is C20H18N4O5S. The Labute approximate surface area is 175 Å². The Balaban J connectivity index is 1.69. The number of hydrogen-bond donors (Lipinski definition) is 2. The lowest BCUT2D eigenvalue weighted by molar-refractivity contribution is -0.384. The third-order valence-corrected chi connectivity index (χ3v) is 5.32. The molecule has 10 heteroatoms. The van der Waals surface area contributed by atoms with Crippen LogP contribution in [0.25, 0.3) is 0 Å². The van der Waals surface area contributed by atoms with Crippen LogP contribution < -0.4 is 5.32 Å². The minimum Gasteiger partial charge on any atom is -0.476 e. The van der Waals surface area contributed by atoms with Crippen molar-refractivity contribution in [3.8, 4) is 0 Å². The Hall–Kier alpha value is -3.66. The molecule has 1 unspecified atom stereocenters. The van der Waals surface area contributed by atoms with E-state index in [1.165, 1.54) is 34.8 Å². The van der Waals surface area contributed by atoms with Gasteiger partial charge in [0.25, 0.3) is 5.69 Å². The second-order valence-electron chi connectivity index (χ2n) is 6.35. The molecule has 1 heterocycles. The number of nitrogens with one attached hydrogen (secondary N) is 1. The molecule has 154 valence electrons. The zero-order valence-electron chi connectivity index (χ0n) is 15.9. The summed E-state index contributed by atoms with van der Waals surface area (Å²) < 4.78 is 1.50. The topological polar surface area (TPSA) is 127 Å². The Bertz CT molecular complexity index is 1070. The highest BCUT2D eigenvalue weighted by Crippen LogP contribution is 2.24. The monoisotopic (exact) mass is 426 g/mol. The molecule has 1 atom stereocenters. The third kappa shape index (κ3) is 5.03. The van der Waals surface area contributed by atoms with Crippen LogP contribution >= 0.6 is 11.8 Å². The Morgan fingerprint density at radius 1 is 1.20 bits per heavy atom. The average Bonchev–Trinajstić information content (AvgIpc) is 3.16. The zero-order valence-corrected chi connectivity index (χ0v) is 16.7. The summed E-state index contributed by atoms with van der Waals surface area (Å²) in [6, 6.07) is 15.1. The van der Waals surface area contributed by atoms with Crippen LogP contribution in [0.3, 0.4) is 0 Å². The fourth-order valence-electron chi connectivity index (χ4n) is 2.72. The summed E-state index contributed by atoms with van der Waals surface area (Å²) in [5.74, 6) is -1.64. The number of aromatic nitrogens is 2. The summed E-state index contributed by atoms with van der Waals surface area (Å²) in [4.78, 5) is 34.7. The van der Waals surface area contributed by atoms with E-state index in [1.54, 1.807) is 12.1 Å². The van der Waals surface area contributed by atoms with Gasteiger partial charge in [0.1, 0.15) is 0 Å².